The van der Waals surface area contributed by atoms with Gasteiger partial charge in [0.05, 0.1) is 21.5 Å². The molecule has 0 radical (unpaired) electrons. The first-order valence-corrected chi connectivity index (χ1v) is 8.89. The molecule has 0 amide bonds. The molecule has 1 heterocycles. The molecule has 0 saturated carbocycles. The highest BCUT2D eigenvalue weighted by Gasteiger charge is 2.24. The second-order valence-corrected chi connectivity index (χ2v) is 7.99. The number of hydrogen-bond donors (Lipinski definition) is 1. The van der Waals surface area contributed by atoms with E-state index in [1.54, 1.807) is 18.2 Å². The summed E-state index contributed by atoms with van der Waals surface area (Å²) in [5.41, 5.74) is 7.55. The van der Waals surface area contributed by atoms with Crippen LogP contribution in [-0.4, -0.2) is 15.2 Å². The van der Waals surface area contributed by atoms with Crippen LogP contribution in [0.1, 0.15) is 5.56 Å². The minimum absolute atomic E-state index is 0.365. The number of fused-ring (bicyclic) bond motifs is 1. The summed E-state index contributed by atoms with van der Waals surface area (Å²) in [6.07, 6.45) is 0.981. The van der Waals surface area contributed by atoms with Crippen LogP contribution in [0.25, 0.3) is 0 Å². The molecule has 0 aromatic heterocycles. The lowest BCUT2D eigenvalue weighted by Crippen LogP contribution is -2.13. The molecule has 2 aromatic carbocycles. The number of benzene rings is 2. The fourth-order valence-electron chi connectivity index (χ4n) is 2.26. The molecule has 0 fully saturated rings. The van der Waals surface area contributed by atoms with Gasteiger partial charge in [-0.25, -0.2) is 0 Å². The van der Waals surface area contributed by atoms with E-state index in [2.05, 4.69) is 18.2 Å². The van der Waals surface area contributed by atoms with Crippen molar-refractivity contribution in [3.63, 3.8) is 0 Å². The minimum atomic E-state index is -1.04. The van der Waals surface area contributed by atoms with Crippen molar-refractivity contribution in [1.82, 2.24) is 0 Å². The monoisotopic (exact) mass is 323 g/mol. The molecule has 2 unspecified atom stereocenters. The maximum absolute atomic E-state index is 12.4. The summed E-state index contributed by atoms with van der Waals surface area (Å²) >= 11 is 7.80. The van der Waals surface area contributed by atoms with E-state index in [9.17, 15) is 4.21 Å². The highest BCUT2D eigenvalue weighted by molar-refractivity contribution is 8.01. The third-order valence-electron chi connectivity index (χ3n) is 3.29. The molecule has 0 spiro atoms. The van der Waals surface area contributed by atoms with E-state index in [1.807, 2.05) is 17.8 Å². The van der Waals surface area contributed by atoms with Gasteiger partial charge < -0.3 is 5.73 Å². The molecule has 1 aliphatic heterocycles. The van der Waals surface area contributed by atoms with E-state index in [-0.39, 0.29) is 0 Å². The van der Waals surface area contributed by atoms with Gasteiger partial charge in [-0.3, -0.25) is 4.21 Å². The number of nitrogen functional groups attached to an aromatic ring is 1. The van der Waals surface area contributed by atoms with Crippen molar-refractivity contribution in [2.24, 2.45) is 0 Å². The Morgan fingerprint density at radius 3 is 2.85 bits per heavy atom. The van der Waals surface area contributed by atoms with Crippen LogP contribution in [0, 0.1) is 0 Å². The van der Waals surface area contributed by atoms with E-state index in [4.69, 9.17) is 17.3 Å². The van der Waals surface area contributed by atoms with Gasteiger partial charge in [-0.1, -0.05) is 29.8 Å². The molecule has 1 aliphatic rings. The summed E-state index contributed by atoms with van der Waals surface area (Å²) in [4.78, 5) is 2.06. The van der Waals surface area contributed by atoms with Crippen molar-refractivity contribution < 1.29 is 4.21 Å². The van der Waals surface area contributed by atoms with Crippen molar-refractivity contribution in [3.05, 3.63) is 53.1 Å². The number of rotatable bonds is 3. The molecule has 20 heavy (non-hydrogen) atoms. The largest absolute Gasteiger partial charge is 0.398 e. The van der Waals surface area contributed by atoms with E-state index in [0.717, 1.165) is 11.3 Å². The second-order valence-electron chi connectivity index (χ2n) is 4.75. The van der Waals surface area contributed by atoms with Crippen LogP contribution in [0.15, 0.2) is 52.3 Å². The zero-order valence-corrected chi connectivity index (χ0v) is 13.1. The van der Waals surface area contributed by atoms with Gasteiger partial charge in [0.25, 0.3) is 0 Å². The van der Waals surface area contributed by atoms with Crippen molar-refractivity contribution in [2.45, 2.75) is 21.5 Å². The Hall–Kier alpha value is -0.970. The van der Waals surface area contributed by atoms with Gasteiger partial charge in [0.2, 0.25) is 0 Å². The molecule has 0 bridgehead atoms. The lowest BCUT2D eigenvalue weighted by Gasteiger charge is -2.09. The van der Waals surface area contributed by atoms with Crippen molar-refractivity contribution in [1.29, 1.82) is 0 Å². The van der Waals surface area contributed by atoms with Crippen LogP contribution >= 0.6 is 23.4 Å². The Morgan fingerprint density at radius 1 is 1.30 bits per heavy atom. The Bertz CT molecular complexity index is 650. The van der Waals surface area contributed by atoms with Crippen molar-refractivity contribution >= 4 is 39.8 Å². The first-order valence-electron chi connectivity index (χ1n) is 6.31. The Balaban J connectivity index is 1.70. The molecule has 0 aliphatic carbocycles. The lowest BCUT2D eigenvalue weighted by molar-refractivity contribution is 0.681. The van der Waals surface area contributed by atoms with Crippen molar-refractivity contribution in [3.8, 4) is 0 Å². The highest BCUT2D eigenvalue weighted by atomic mass is 35.5. The molecular formula is C15H14ClNOS2. The number of halogens is 1. The SMILES string of the molecule is Nc1ccc(S(=O)CC2Cc3ccccc3S2)cc1Cl. The molecule has 5 heteroatoms. The van der Waals surface area contributed by atoms with Gasteiger partial charge in [-0.15, -0.1) is 11.8 Å². The molecule has 2 aromatic rings. The molecule has 3 rings (SSSR count). The summed E-state index contributed by atoms with van der Waals surface area (Å²) in [5, 5.41) is 0.836. The Morgan fingerprint density at radius 2 is 2.10 bits per heavy atom. The second kappa shape index (κ2) is 5.80. The van der Waals surface area contributed by atoms with Gasteiger partial charge >= 0.3 is 0 Å². The number of hydrogen-bond acceptors (Lipinski definition) is 3. The van der Waals surface area contributed by atoms with Crippen LogP contribution in [-0.2, 0) is 17.2 Å². The van der Waals surface area contributed by atoms with Gasteiger partial charge in [-0.05, 0) is 36.2 Å². The van der Waals surface area contributed by atoms with Gasteiger partial charge in [0.15, 0.2) is 0 Å². The van der Waals surface area contributed by atoms with E-state index in [0.29, 0.717) is 21.7 Å². The van der Waals surface area contributed by atoms with Crippen LogP contribution in [0.3, 0.4) is 0 Å². The first kappa shape index (κ1) is 14.0. The Labute approximate surface area is 130 Å². The molecule has 2 N–H and O–H groups in total. The number of anilines is 1. The number of nitrogens with two attached hydrogens (primary N) is 1. The summed E-state index contributed by atoms with van der Waals surface area (Å²) in [6, 6.07) is 13.6. The van der Waals surface area contributed by atoms with Gasteiger partial charge in [0, 0.05) is 20.8 Å². The van der Waals surface area contributed by atoms with Crippen LogP contribution in [0.2, 0.25) is 5.02 Å². The standard InChI is InChI=1S/C15H14ClNOS2/c16-13-8-12(5-6-14(13)17)20(18)9-11-7-10-3-1-2-4-15(10)19-11/h1-6,8,11H,7,9,17H2. The maximum Gasteiger partial charge on any atom is 0.0647 e. The van der Waals surface area contributed by atoms with Crippen LogP contribution in [0.4, 0.5) is 5.69 Å². The molecule has 2 atom stereocenters. The topological polar surface area (TPSA) is 43.1 Å². The third-order valence-corrected chi connectivity index (χ3v) is 6.63. The summed E-state index contributed by atoms with van der Waals surface area (Å²) < 4.78 is 12.4. The summed E-state index contributed by atoms with van der Waals surface area (Å²) in [7, 11) is -1.04. The summed E-state index contributed by atoms with van der Waals surface area (Å²) in [6.45, 7) is 0. The molecule has 104 valence electrons. The quantitative estimate of drug-likeness (QED) is 0.875. The fraction of sp³-hybridized carbons (Fsp3) is 0.200. The fourth-order valence-corrected chi connectivity index (χ4v) is 5.35. The lowest BCUT2D eigenvalue weighted by atomic mass is 10.1. The first-order chi connectivity index (χ1) is 9.63. The third kappa shape index (κ3) is 2.87. The van der Waals surface area contributed by atoms with Crippen LogP contribution in [0.5, 0.6) is 0 Å². The average Bonchev–Trinajstić information content (AvgIpc) is 2.83. The molecule has 0 saturated heterocycles. The molecular weight excluding hydrogens is 310 g/mol. The van der Waals surface area contributed by atoms with E-state index in [1.165, 1.54) is 10.5 Å². The predicted octanol–water partition coefficient (Wildman–Crippen LogP) is 3.75. The minimum Gasteiger partial charge on any atom is -0.398 e. The van der Waals surface area contributed by atoms with Crippen LogP contribution < -0.4 is 5.73 Å². The average molecular weight is 324 g/mol. The smallest absolute Gasteiger partial charge is 0.0647 e. The zero-order valence-electron chi connectivity index (χ0n) is 10.7. The predicted molar refractivity (Wildman–Crippen MR) is 86.9 cm³/mol. The Kier molecular flexibility index (Phi) is 4.06. The van der Waals surface area contributed by atoms with Crippen molar-refractivity contribution in [2.75, 3.05) is 11.5 Å². The molecule has 2 nitrogen and oxygen atoms in total. The van der Waals surface area contributed by atoms with E-state index >= 15 is 0 Å². The van der Waals surface area contributed by atoms with E-state index < -0.39 is 10.8 Å². The normalized spacial score (nSPS) is 18.8. The zero-order chi connectivity index (χ0) is 14.1. The maximum atomic E-state index is 12.4. The number of thioether (sulfide) groups is 1. The van der Waals surface area contributed by atoms with Gasteiger partial charge in [0.1, 0.15) is 0 Å². The summed E-state index contributed by atoms with van der Waals surface area (Å²) in [5.74, 6) is 0.638. The highest BCUT2D eigenvalue weighted by Crippen LogP contribution is 2.37. The van der Waals surface area contributed by atoms with Gasteiger partial charge in [-0.2, -0.15) is 0 Å².